The molecule has 1 aromatic rings. The van der Waals surface area contributed by atoms with Crippen molar-refractivity contribution in [2.45, 2.75) is 38.3 Å². The summed E-state index contributed by atoms with van der Waals surface area (Å²) in [5.74, 6) is -0.824. The summed E-state index contributed by atoms with van der Waals surface area (Å²) in [5, 5.41) is 2.70. The highest BCUT2D eigenvalue weighted by atomic mass is 16.2. The number of nitrogens with one attached hydrogen (secondary N) is 1. The van der Waals surface area contributed by atoms with Crippen LogP contribution < -0.4 is 16.8 Å². The SMILES string of the molecule is CC(N)CCC(=O)NC(C)(C(N)=O)c1ccccc1. The Labute approximate surface area is 113 Å². The van der Waals surface area contributed by atoms with Crippen molar-refractivity contribution in [2.24, 2.45) is 11.5 Å². The molecule has 5 heteroatoms. The van der Waals surface area contributed by atoms with Crippen LogP contribution in [0.4, 0.5) is 0 Å². The lowest BCUT2D eigenvalue weighted by Gasteiger charge is -2.28. The van der Waals surface area contributed by atoms with Crippen LogP contribution in [0.25, 0.3) is 0 Å². The lowest BCUT2D eigenvalue weighted by molar-refractivity contribution is -0.131. The first-order chi connectivity index (χ1) is 8.86. The van der Waals surface area contributed by atoms with Gasteiger partial charge in [-0.1, -0.05) is 30.3 Å². The molecule has 104 valence electrons. The number of rotatable bonds is 6. The number of hydrogen-bond acceptors (Lipinski definition) is 3. The summed E-state index contributed by atoms with van der Waals surface area (Å²) in [7, 11) is 0. The molecule has 5 N–H and O–H groups in total. The van der Waals surface area contributed by atoms with Crippen LogP contribution in [-0.2, 0) is 15.1 Å². The monoisotopic (exact) mass is 263 g/mol. The zero-order chi connectivity index (χ0) is 14.5. The van der Waals surface area contributed by atoms with E-state index in [0.29, 0.717) is 12.0 Å². The Balaban J connectivity index is 2.84. The normalized spacial score (nSPS) is 15.3. The van der Waals surface area contributed by atoms with E-state index in [1.54, 1.807) is 31.2 Å². The predicted octanol–water partition coefficient (Wildman–Crippen LogP) is 0.631. The topological polar surface area (TPSA) is 98.2 Å². The third kappa shape index (κ3) is 4.06. The minimum atomic E-state index is -1.20. The highest BCUT2D eigenvalue weighted by molar-refractivity contribution is 5.91. The molecule has 0 aromatic heterocycles. The first kappa shape index (κ1) is 15.2. The van der Waals surface area contributed by atoms with Gasteiger partial charge in [-0.25, -0.2) is 0 Å². The summed E-state index contributed by atoms with van der Waals surface area (Å²) in [6.07, 6.45) is 0.836. The van der Waals surface area contributed by atoms with Crippen molar-refractivity contribution in [3.63, 3.8) is 0 Å². The van der Waals surface area contributed by atoms with Crippen LogP contribution in [0.15, 0.2) is 30.3 Å². The van der Waals surface area contributed by atoms with Gasteiger partial charge in [-0.05, 0) is 25.8 Å². The number of hydrogen-bond donors (Lipinski definition) is 3. The van der Waals surface area contributed by atoms with Crippen molar-refractivity contribution < 1.29 is 9.59 Å². The molecule has 0 heterocycles. The number of nitrogens with two attached hydrogens (primary N) is 2. The van der Waals surface area contributed by atoms with Gasteiger partial charge in [-0.15, -0.1) is 0 Å². The first-order valence-corrected chi connectivity index (χ1v) is 6.28. The maximum Gasteiger partial charge on any atom is 0.247 e. The third-order valence-corrected chi connectivity index (χ3v) is 3.06. The molecule has 1 rings (SSSR count). The van der Waals surface area contributed by atoms with Gasteiger partial charge in [0.05, 0.1) is 0 Å². The minimum absolute atomic E-state index is 0.0534. The van der Waals surface area contributed by atoms with Crippen LogP contribution in [-0.4, -0.2) is 17.9 Å². The maximum atomic E-state index is 11.9. The minimum Gasteiger partial charge on any atom is -0.367 e. The fourth-order valence-electron chi connectivity index (χ4n) is 1.75. The Morgan fingerprint density at radius 1 is 1.32 bits per heavy atom. The Hall–Kier alpha value is -1.88. The van der Waals surface area contributed by atoms with Gasteiger partial charge in [0.1, 0.15) is 5.54 Å². The number of primary amides is 1. The van der Waals surface area contributed by atoms with Crippen LogP contribution in [0.5, 0.6) is 0 Å². The molecule has 0 saturated heterocycles. The number of carbonyl (C=O) groups excluding carboxylic acids is 2. The lowest BCUT2D eigenvalue weighted by Crippen LogP contribution is -2.52. The van der Waals surface area contributed by atoms with Crippen molar-refractivity contribution in [1.82, 2.24) is 5.32 Å². The summed E-state index contributed by atoms with van der Waals surface area (Å²) in [5.41, 5.74) is 10.5. The molecule has 2 atom stereocenters. The summed E-state index contributed by atoms with van der Waals surface area (Å²) >= 11 is 0. The number of carbonyl (C=O) groups is 2. The van der Waals surface area contributed by atoms with E-state index in [1.807, 2.05) is 13.0 Å². The smallest absolute Gasteiger partial charge is 0.247 e. The fraction of sp³-hybridized carbons (Fsp3) is 0.429. The molecular formula is C14H21N3O2. The van der Waals surface area contributed by atoms with E-state index in [9.17, 15) is 9.59 Å². The fourth-order valence-corrected chi connectivity index (χ4v) is 1.75. The summed E-state index contributed by atoms with van der Waals surface area (Å²) < 4.78 is 0. The molecule has 0 fully saturated rings. The third-order valence-electron chi connectivity index (χ3n) is 3.06. The molecular weight excluding hydrogens is 242 g/mol. The zero-order valence-corrected chi connectivity index (χ0v) is 11.3. The van der Waals surface area contributed by atoms with Gasteiger partial charge in [0.2, 0.25) is 11.8 Å². The molecule has 5 nitrogen and oxygen atoms in total. The average molecular weight is 263 g/mol. The second kappa shape index (κ2) is 6.33. The second-order valence-corrected chi connectivity index (χ2v) is 4.92. The van der Waals surface area contributed by atoms with Crippen LogP contribution in [0.1, 0.15) is 32.3 Å². The van der Waals surface area contributed by atoms with E-state index in [4.69, 9.17) is 11.5 Å². The molecule has 2 unspecified atom stereocenters. The van der Waals surface area contributed by atoms with Gasteiger partial charge >= 0.3 is 0 Å². The van der Waals surface area contributed by atoms with Crippen molar-refractivity contribution in [3.8, 4) is 0 Å². The van der Waals surface area contributed by atoms with Gasteiger partial charge in [-0.2, -0.15) is 0 Å². The molecule has 0 aliphatic heterocycles. The quantitative estimate of drug-likeness (QED) is 0.702. The van der Waals surface area contributed by atoms with Crippen LogP contribution >= 0.6 is 0 Å². The van der Waals surface area contributed by atoms with Crippen LogP contribution in [0.3, 0.4) is 0 Å². The van der Waals surface area contributed by atoms with Crippen molar-refractivity contribution >= 4 is 11.8 Å². The zero-order valence-electron chi connectivity index (χ0n) is 11.3. The molecule has 0 radical (unpaired) electrons. The summed E-state index contributed by atoms with van der Waals surface area (Å²) in [6.45, 7) is 3.44. The molecule has 0 saturated carbocycles. The summed E-state index contributed by atoms with van der Waals surface area (Å²) in [4.78, 5) is 23.5. The highest BCUT2D eigenvalue weighted by Crippen LogP contribution is 2.20. The van der Waals surface area contributed by atoms with Crippen molar-refractivity contribution in [1.29, 1.82) is 0 Å². The Morgan fingerprint density at radius 3 is 2.37 bits per heavy atom. The molecule has 0 bridgehead atoms. The van der Waals surface area contributed by atoms with Crippen molar-refractivity contribution in [2.75, 3.05) is 0 Å². The Bertz CT molecular complexity index is 445. The molecule has 0 spiro atoms. The van der Waals surface area contributed by atoms with Gasteiger partial charge < -0.3 is 16.8 Å². The first-order valence-electron chi connectivity index (χ1n) is 6.28. The second-order valence-electron chi connectivity index (χ2n) is 4.92. The number of amides is 2. The molecule has 1 aromatic carbocycles. The maximum absolute atomic E-state index is 11.9. The van der Waals surface area contributed by atoms with Gasteiger partial charge in [-0.3, -0.25) is 9.59 Å². The molecule has 2 amide bonds. The van der Waals surface area contributed by atoms with E-state index < -0.39 is 11.4 Å². The summed E-state index contributed by atoms with van der Waals surface area (Å²) in [6, 6.07) is 8.90. The van der Waals surface area contributed by atoms with E-state index in [0.717, 1.165) is 0 Å². The molecule has 0 aliphatic carbocycles. The molecule has 0 aliphatic rings. The van der Waals surface area contributed by atoms with E-state index in [-0.39, 0.29) is 18.4 Å². The van der Waals surface area contributed by atoms with Gasteiger partial charge in [0.15, 0.2) is 0 Å². The van der Waals surface area contributed by atoms with Crippen molar-refractivity contribution in [3.05, 3.63) is 35.9 Å². The molecule has 19 heavy (non-hydrogen) atoms. The van der Waals surface area contributed by atoms with Crippen LogP contribution in [0.2, 0.25) is 0 Å². The van der Waals surface area contributed by atoms with Gasteiger partial charge in [0, 0.05) is 12.5 Å². The standard InChI is InChI=1S/C14H21N3O2/c1-10(15)8-9-12(18)17-14(2,13(16)19)11-6-4-3-5-7-11/h3-7,10H,8-9,15H2,1-2H3,(H2,16,19)(H,17,18). The largest absolute Gasteiger partial charge is 0.367 e. The Morgan fingerprint density at radius 2 is 1.89 bits per heavy atom. The lowest BCUT2D eigenvalue weighted by atomic mass is 9.91. The number of benzene rings is 1. The highest BCUT2D eigenvalue weighted by Gasteiger charge is 2.34. The van der Waals surface area contributed by atoms with E-state index in [2.05, 4.69) is 5.32 Å². The van der Waals surface area contributed by atoms with E-state index >= 15 is 0 Å². The van der Waals surface area contributed by atoms with Crippen LogP contribution in [0, 0.1) is 0 Å². The Kier molecular flexibility index (Phi) is 5.06. The van der Waals surface area contributed by atoms with Gasteiger partial charge in [0.25, 0.3) is 0 Å². The average Bonchev–Trinajstić information content (AvgIpc) is 2.37. The van der Waals surface area contributed by atoms with E-state index in [1.165, 1.54) is 0 Å². The predicted molar refractivity (Wildman–Crippen MR) is 74.0 cm³/mol.